The van der Waals surface area contributed by atoms with Crippen molar-refractivity contribution in [1.29, 1.82) is 0 Å². The molecule has 2 nitrogen and oxygen atoms in total. The zero-order chi connectivity index (χ0) is 16.5. The van der Waals surface area contributed by atoms with Gasteiger partial charge in [0, 0.05) is 24.2 Å². The van der Waals surface area contributed by atoms with Crippen molar-refractivity contribution in [2.75, 3.05) is 13.6 Å². The molecule has 1 N–H and O–H groups in total. The lowest BCUT2D eigenvalue weighted by molar-refractivity contribution is 0.387. The van der Waals surface area contributed by atoms with E-state index in [0.29, 0.717) is 11.8 Å². The summed E-state index contributed by atoms with van der Waals surface area (Å²) in [6.07, 6.45) is 2.27. The molecule has 1 aromatic carbocycles. The van der Waals surface area contributed by atoms with Crippen LogP contribution in [0.5, 0.6) is 0 Å². The SMILES string of the molecule is CC1Cc2ccc(Cl)cc2C1CCN(C)C(=S)NC(C)(C)C. The standard InChI is InChI=1S/C18H27ClN2S/c1-12-10-13-6-7-14(19)11-16(13)15(12)8-9-21(5)17(22)20-18(2,3)4/h6-7,11-12,15H,8-10H2,1-5H3,(H,20,22). The molecule has 0 fully saturated rings. The molecule has 0 aromatic heterocycles. The van der Waals surface area contributed by atoms with Crippen molar-refractivity contribution < 1.29 is 0 Å². The monoisotopic (exact) mass is 338 g/mol. The Morgan fingerprint density at radius 3 is 2.73 bits per heavy atom. The van der Waals surface area contributed by atoms with Crippen LogP contribution in [0.4, 0.5) is 0 Å². The predicted molar refractivity (Wildman–Crippen MR) is 99.8 cm³/mol. The maximum atomic E-state index is 6.18. The number of hydrogen-bond donors (Lipinski definition) is 1. The van der Waals surface area contributed by atoms with Crippen LogP contribution in [0, 0.1) is 5.92 Å². The average Bonchev–Trinajstić information content (AvgIpc) is 2.69. The number of benzene rings is 1. The zero-order valence-electron chi connectivity index (χ0n) is 14.2. The van der Waals surface area contributed by atoms with E-state index in [0.717, 1.165) is 29.5 Å². The van der Waals surface area contributed by atoms with E-state index >= 15 is 0 Å². The third-order valence-corrected chi connectivity index (χ3v) is 4.99. The maximum Gasteiger partial charge on any atom is 0.169 e. The summed E-state index contributed by atoms with van der Waals surface area (Å²) in [6.45, 7) is 9.69. The Bertz CT molecular complexity index is 551. The summed E-state index contributed by atoms with van der Waals surface area (Å²) in [5, 5.41) is 5.04. The van der Waals surface area contributed by atoms with Crippen LogP contribution >= 0.6 is 23.8 Å². The first-order valence-corrected chi connectivity index (χ1v) is 8.77. The van der Waals surface area contributed by atoms with Crippen LogP contribution in [0.1, 0.15) is 51.2 Å². The molecule has 0 aliphatic heterocycles. The number of thiocarbonyl (C=S) groups is 1. The molecule has 2 unspecified atom stereocenters. The number of nitrogens with one attached hydrogen (secondary N) is 1. The molecule has 0 spiro atoms. The van der Waals surface area contributed by atoms with E-state index in [1.807, 2.05) is 6.07 Å². The largest absolute Gasteiger partial charge is 0.358 e. The first-order valence-electron chi connectivity index (χ1n) is 7.99. The van der Waals surface area contributed by atoms with E-state index in [1.54, 1.807) is 0 Å². The molecular formula is C18H27ClN2S. The molecule has 1 aliphatic carbocycles. The van der Waals surface area contributed by atoms with Gasteiger partial charge in [-0.2, -0.15) is 0 Å². The summed E-state index contributed by atoms with van der Waals surface area (Å²) in [4.78, 5) is 2.15. The predicted octanol–water partition coefficient (Wildman–Crippen LogP) is 4.61. The van der Waals surface area contributed by atoms with Crippen molar-refractivity contribution in [3.63, 3.8) is 0 Å². The van der Waals surface area contributed by atoms with Crippen molar-refractivity contribution in [2.24, 2.45) is 5.92 Å². The highest BCUT2D eigenvalue weighted by Crippen LogP contribution is 2.41. The molecule has 1 aromatic rings. The Balaban J connectivity index is 1.97. The van der Waals surface area contributed by atoms with Crippen LogP contribution in [0.25, 0.3) is 0 Å². The van der Waals surface area contributed by atoms with Crippen LogP contribution in [0.15, 0.2) is 18.2 Å². The third kappa shape index (κ3) is 4.36. The van der Waals surface area contributed by atoms with E-state index in [2.05, 4.69) is 57.1 Å². The second-order valence-electron chi connectivity index (χ2n) is 7.52. The fourth-order valence-corrected chi connectivity index (χ4v) is 3.76. The highest BCUT2D eigenvalue weighted by Gasteiger charge is 2.29. The third-order valence-electron chi connectivity index (χ3n) is 4.34. The molecule has 2 rings (SSSR count). The quantitative estimate of drug-likeness (QED) is 0.810. The van der Waals surface area contributed by atoms with Crippen molar-refractivity contribution >= 4 is 28.9 Å². The van der Waals surface area contributed by atoms with Gasteiger partial charge in [0.05, 0.1) is 0 Å². The van der Waals surface area contributed by atoms with E-state index in [4.69, 9.17) is 23.8 Å². The van der Waals surface area contributed by atoms with E-state index in [1.165, 1.54) is 11.1 Å². The van der Waals surface area contributed by atoms with Crippen LogP contribution in [-0.4, -0.2) is 29.1 Å². The molecule has 2 atom stereocenters. The Morgan fingerprint density at radius 1 is 1.41 bits per heavy atom. The van der Waals surface area contributed by atoms with Crippen LogP contribution in [-0.2, 0) is 6.42 Å². The summed E-state index contributed by atoms with van der Waals surface area (Å²) in [5.74, 6) is 1.25. The number of hydrogen-bond acceptors (Lipinski definition) is 1. The van der Waals surface area contributed by atoms with Gasteiger partial charge in [0.15, 0.2) is 5.11 Å². The zero-order valence-corrected chi connectivity index (χ0v) is 15.8. The van der Waals surface area contributed by atoms with Gasteiger partial charge in [-0.15, -0.1) is 0 Å². The summed E-state index contributed by atoms with van der Waals surface area (Å²) < 4.78 is 0. The van der Waals surface area contributed by atoms with E-state index in [9.17, 15) is 0 Å². The minimum atomic E-state index is 0.00607. The minimum absolute atomic E-state index is 0.00607. The molecule has 0 amide bonds. The Morgan fingerprint density at radius 2 is 2.09 bits per heavy atom. The van der Waals surface area contributed by atoms with Crippen molar-refractivity contribution in [2.45, 2.75) is 52.0 Å². The highest BCUT2D eigenvalue weighted by atomic mass is 35.5. The van der Waals surface area contributed by atoms with Crippen LogP contribution in [0.3, 0.4) is 0 Å². The number of halogens is 1. The molecule has 0 radical (unpaired) electrons. The highest BCUT2D eigenvalue weighted by molar-refractivity contribution is 7.80. The first kappa shape index (κ1) is 17.6. The second-order valence-corrected chi connectivity index (χ2v) is 8.34. The maximum absolute atomic E-state index is 6.18. The molecule has 0 saturated heterocycles. The Labute approximate surface area is 145 Å². The molecule has 1 aliphatic rings. The van der Waals surface area contributed by atoms with Gasteiger partial charge in [0.1, 0.15) is 0 Å². The number of fused-ring (bicyclic) bond motifs is 1. The van der Waals surface area contributed by atoms with Gasteiger partial charge in [-0.25, -0.2) is 0 Å². The lowest BCUT2D eigenvalue weighted by Gasteiger charge is -2.29. The van der Waals surface area contributed by atoms with Gasteiger partial charge in [-0.05, 0) is 80.9 Å². The molecule has 4 heteroatoms. The van der Waals surface area contributed by atoms with Crippen molar-refractivity contribution in [3.05, 3.63) is 34.3 Å². The van der Waals surface area contributed by atoms with Gasteiger partial charge >= 0.3 is 0 Å². The van der Waals surface area contributed by atoms with Crippen LogP contribution < -0.4 is 5.32 Å². The van der Waals surface area contributed by atoms with Crippen molar-refractivity contribution in [3.8, 4) is 0 Å². The molecule has 22 heavy (non-hydrogen) atoms. The molecular weight excluding hydrogens is 312 g/mol. The minimum Gasteiger partial charge on any atom is -0.358 e. The van der Waals surface area contributed by atoms with Gasteiger partial charge in [0.25, 0.3) is 0 Å². The normalized spacial score (nSPS) is 20.6. The van der Waals surface area contributed by atoms with Gasteiger partial charge in [-0.3, -0.25) is 0 Å². The fraction of sp³-hybridized carbons (Fsp3) is 0.611. The lowest BCUT2D eigenvalue weighted by atomic mass is 9.91. The van der Waals surface area contributed by atoms with E-state index < -0.39 is 0 Å². The molecule has 0 saturated carbocycles. The topological polar surface area (TPSA) is 15.3 Å². The summed E-state index contributed by atoms with van der Waals surface area (Å²) in [5.41, 5.74) is 2.90. The molecule has 0 heterocycles. The second kappa shape index (κ2) is 6.76. The average molecular weight is 339 g/mol. The van der Waals surface area contributed by atoms with Gasteiger partial charge in [-0.1, -0.05) is 24.6 Å². The lowest BCUT2D eigenvalue weighted by Crippen LogP contribution is -2.47. The first-order chi connectivity index (χ1) is 10.2. The van der Waals surface area contributed by atoms with Crippen molar-refractivity contribution in [1.82, 2.24) is 10.2 Å². The van der Waals surface area contributed by atoms with Gasteiger partial charge in [0.2, 0.25) is 0 Å². The summed E-state index contributed by atoms with van der Waals surface area (Å²) in [6, 6.07) is 6.34. The Kier molecular flexibility index (Phi) is 5.39. The van der Waals surface area contributed by atoms with Crippen LogP contribution in [0.2, 0.25) is 5.02 Å². The smallest absolute Gasteiger partial charge is 0.169 e. The fourth-order valence-electron chi connectivity index (χ4n) is 3.18. The summed E-state index contributed by atoms with van der Waals surface area (Å²) >= 11 is 11.7. The molecule has 0 bridgehead atoms. The van der Waals surface area contributed by atoms with Gasteiger partial charge < -0.3 is 10.2 Å². The summed E-state index contributed by atoms with van der Waals surface area (Å²) in [7, 11) is 2.07. The number of rotatable bonds is 3. The Hall–Kier alpha value is -0.800. The number of nitrogens with zero attached hydrogens (tertiary/aromatic N) is 1. The van der Waals surface area contributed by atoms with E-state index in [-0.39, 0.29) is 5.54 Å². The molecule has 122 valence electrons.